The van der Waals surface area contributed by atoms with Gasteiger partial charge in [0.2, 0.25) is 0 Å². The minimum atomic E-state index is -0.0635. The molecule has 4 heterocycles. The molecule has 1 fully saturated rings. The second-order valence-corrected chi connectivity index (χ2v) is 11.5. The Morgan fingerprint density at radius 1 is 1.07 bits per heavy atom. The van der Waals surface area contributed by atoms with Crippen molar-refractivity contribution in [3.63, 3.8) is 0 Å². The number of carbonyl (C=O) groups excluding carboxylic acids is 1. The van der Waals surface area contributed by atoms with Gasteiger partial charge in [0.1, 0.15) is 17.9 Å². The van der Waals surface area contributed by atoms with Gasteiger partial charge in [-0.2, -0.15) is 0 Å². The van der Waals surface area contributed by atoms with Crippen LogP contribution in [-0.2, 0) is 6.54 Å². The zero-order valence-corrected chi connectivity index (χ0v) is 26.0. The number of benzene rings is 1. The van der Waals surface area contributed by atoms with E-state index >= 15 is 0 Å². The van der Waals surface area contributed by atoms with Crippen LogP contribution in [-0.4, -0.2) is 69.2 Å². The van der Waals surface area contributed by atoms with Crippen LogP contribution in [0, 0.1) is 20.8 Å². The molecule has 0 bridgehead atoms. The van der Waals surface area contributed by atoms with Gasteiger partial charge in [0.15, 0.2) is 0 Å². The molecule has 1 atom stereocenters. The predicted molar refractivity (Wildman–Crippen MR) is 170 cm³/mol. The summed E-state index contributed by atoms with van der Waals surface area (Å²) in [6.45, 7) is 11.8. The van der Waals surface area contributed by atoms with Crippen molar-refractivity contribution in [3.05, 3.63) is 95.5 Å². The van der Waals surface area contributed by atoms with Crippen LogP contribution in [0.2, 0.25) is 0 Å². The van der Waals surface area contributed by atoms with Gasteiger partial charge in [0, 0.05) is 68.7 Å². The van der Waals surface area contributed by atoms with Crippen LogP contribution in [0.4, 0.5) is 5.69 Å². The number of imidazole rings is 1. The van der Waals surface area contributed by atoms with E-state index in [0.29, 0.717) is 24.2 Å². The minimum absolute atomic E-state index is 0.0635. The molecule has 9 nitrogen and oxygen atoms in total. The number of hydrogen-bond donors (Lipinski definition) is 1. The third kappa shape index (κ3) is 7.22. The van der Waals surface area contributed by atoms with Crippen molar-refractivity contribution in [2.75, 3.05) is 31.6 Å². The van der Waals surface area contributed by atoms with Crippen molar-refractivity contribution >= 4 is 11.6 Å². The molecule has 5 rings (SSSR count). The van der Waals surface area contributed by atoms with Crippen molar-refractivity contribution in [3.8, 4) is 11.6 Å². The Morgan fingerprint density at radius 2 is 1.84 bits per heavy atom. The monoisotopic (exact) mass is 581 g/mol. The van der Waals surface area contributed by atoms with E-state index in [0.717, 1.165) is 61.7 Å². The van der Waals surface area contributed by atoms with Gasteiger partial charge in [-0.15, -0.1) is 0 Å². The first-order chi connectivity index (χ1) is 20.8. The quantitative estimate of drug-likeness (QED) is 0.258. The molecule has 0 spiro atoms. The summed E-state index contributed by atoms with van der Waals surface area (Å²) in [6, 6.07) is 13.2. The molecule has 226 valence electrons. The molecule has 3 aromatic heterocycles. The Kier molecular flexibility index (Phi) is 9.72. The van der Waals surface area contributed by atoms with Crippen LogP contribution >= 0.6 is 0 Å². The molecule has 1 aliphatic rings. The number of rotatable bonds is 11. The average Bonchev–Trinajstić information content (AvgIpc) is 3.56. The Bertz CT molecular complexity index is 1470. The summed E-state index contributed by atoms with van der Waals surface area (Å²) in [5.41, 5.74) is 6.00. The lowest BCUT2D eigenvalue weighted by Gasteiger charge is -2.42. The molecule has 1 aliphatic heterocycles. The molecule has 0 radical (unpaired) electrons. The lowest BCUT2D eigenvalue weighted by atomic mass is 9.99. The summed E-state index contributed by atoms with van der Waals surface area (Å²) >= 11 is 0. The van der Waals surface area contributed by atoms with Gasteiger partial charge >= 0.3 is 0 Å². The van der Waals surface area contributed by atoms with Gasteiger partial charge in [0.05, 0.1) is 18.4 Å². The molecule has 1 N–H and O–H groups in total. The molecule has 1 amide bonds. The fourth-order valence-electron chi connectivity index (χ4n) is 6.04. The number of hydrogen-bond acceptors (Lipinski definition) is 7. The molecule has 4 aromatic rings. The maximum atomic E-state index is 13.1. The van der Waals surface area contributed by atoms with Crippen molar-refractivity contribution in [2.24, 2.45) is 0 Å². The fraction of sp³-hybridized carbons (Fsp3) is 0.412. The molecule has 1 saturated heterocycles. The number of likely N-dealkylation sites (tertiary alicyclic amines) is 1. The molecular formula is C34H43N7O2. The van der Waals surface area contributed by atoms with Crippen molar-refractivity contribution < 1.29 is 9.53 Å². The Labute approximate surface area is 254 Å². The standard InChI is InChI=1S/C34H43N7O2/c1-24-10-14-35-21-28(24)22-41(29-6-8-31(43-5)9-7-29)30-12-17-39(18-13-30)26(3)11-15-37-34(42)33-25(2)20-32(38-27(33)4)40-19-16-36-23-40/h6-10,14,16,19-21,23,26,30H,11-13,15,17-18,22H2,1-5H3,(H,37,42). The Morgan fingerprint density at radius 3 is 2.49 bits per heavy atom. The number of pyridine rings is 2. The molecule has 0 saturated carbocycles. The van der Waals surface area contributed by atoms with Crippen LogP contribution in [0.5, 0.6) is 5.75 Å². The van der Waals surface area contributed by atoms with Gasteiger partial charge in [-0.3, -0.25) is 14.3 Å². The number of aromatic nitrogens is 4. The van der Waals surface area contributed by atoms with Crippen molar-refractivity contribution in [1.82, 2.24) is 29.7 Å². The van der Waals surface area contributed by atoms with Crippen LogP contribution in [0.25, 0.3) is 5.82 Å². The van der Waals surface area contributed by atoms with Crippen LogP contribution in [0.1, 0.15) is 58.9 Å². The molecule has 1 unspecified atom stereocenters. The number of methoxy groups -OCH3 is 1. The summed E-state index contributed by atoms with van der Waals surface area (Å²) in [4.78, 5) is 31.3. The summed E-state index contributed by atoms with van der Waals surface area (Å²) in [5.74, 6) is 1.57. The Balaban J connectivity index is 1.16. The third-order valence-corrected chi connectivity index (χ3v) is 8.68. The summed E-state index contributed by atoms with van der Waals surface area (Å²) in [5, 5.41) is 3.15. The van der Waals surface area contributed by atoms with Crippen LogP contribution in [0.15, 0.2) is 67.5 Å². The topological polar surface area (TPSA) is 88.4 Å². The average molecular weight is 582 g/mol. The molecule has 1 aromatic carbocycles. The minimum Gasteiger partial charge on any atom is -0.497 e. The summed E-state index contributed by atoms with van der Waals surface area (Å²) < 4.78 is 7.26. The van der Waals surface area contributed by atoms with E-state index in [9.17, 15) is 4.79 Å². The number of nitrogens with zero attached hydrogens (tertiary/aromatic N) is 6. The van der Waals surface area contributed by atoms with E-state index in [2.05, 4.69) is 62.1 Å². The fourth-order valence-corrected chi connectivity index (χ4v) is 6.04. The van der Waals surface area contributed by atoms with Crippen LogP contribution < -0.4 is 15.0 Å². The largest absolute Gasteiger partial charge is 0.497 e. The number of nitrogens with one attached hydrogen (secondary N) is 1. The molecule has 0 aliphatic carbocycles. The molecule has 43 heavy (non-hydrogen) atoms. The van der Waals surface area contributed by atoms with Gasteiger partial charge in [0.25, 0.3) is 5.91 Å². The number of ether oxygens (including phenoxy) is 1. The summed E-state index contributed by atoms with van der Waals surface area (Å²) in [6.07, 6.45) is 12.2. The number of amides is 1. The number of anilines is 1. The zero-order valence-electron chi connectivity index (χ0n) is 26.0. The van der Waals surface area contributed by atoms with Gasteiger partial charge < -0.3 is 19.9 Å². The lowest BCUT2D eigenvalue weighted by molar-refractivity contribution is 0.0943. The van der Waals surface area contributed by atoms with Crippen molar-refractivity contribution in [1.29, 1.82) is 0 Å². The second kappa shape index (κ2) is 13.8. The highest BCUT2D eigenvalue weighted by Gasteiger charge is 2.28. The highest BCUT2D eigenvalue weighted by Crippen LogP contribution is 2.29. The van der Waals surface area contributed by atoms with E-state index in [1.807, 2.05) is 55.2 Å². The van der Waals surface area contributed by atoms with Gasteiger partial charge in [-0.25, -0.2) is 9.97 Å². The first-order valence-corrected chi connectivity index (χ1v) is 15.1. The SMILES string of the molecule is COc1ccc(N(Cc2cnccc2C)C2CCN(C(C)CCNC(=O)c3c(C)cc(-n4ccnc4)nc3C)CC2)cc1. The normalized spacial score (nSPS) is 14.8. The first kappa shape index (κ1) is 30.2. The smallest absolute Gasteiger partial charge is 0.253 e. The summed E-state index contributed by atoms with van der Waals surface area (Å²) in [7, 11) is 1.70. The first-order valence-electron chi connectivity index (χ1n) is 15.1. The lowest BCUT2D eigenvalue weighted by Crippen LogP contribution is -2.48. The van der Waals surface area contributed by atoms with E-state index in [1.54, 1.807) is 19.6 Å². The zero-order chi connectivity index (χ0) is 30.3. The maximum absolute atomic E-state index is 13.1. The number of aryl methyl sites for hydroxylation is 3. The predicted octanol–water partition coefficient (Wildman–Crippen LogP) is 5.28. The second-order valence-electron chi connectivity index (χ2n) is 11.5. The number of carbonyl (C=O) groups is 1. The Hall–Kier alpha value is -4.24. The van der Waals surface area contributed by atoms with E-state index in [-0.39, 0.29) is 5.91 Å². The van der Waals surface area contributed by atoms with E-state index in [1.165, 1.54) is 16.8 Å². The highest BCUT2D eigenvalue weighted by atomic mass is 16.5. The highest BCUT2D eigenvalue weighted by molar-refractivity contribution is 5.96. The maximum Gasteiger partial charge on any atom is 0.253 e. The van der Waals surface area contributed by atoms with Crippen LogP contribution in [0.3, 0.4) is 0 Å². The molecular weight excluding hydrogens is 538 g/mol. The molecule has 9 heteroatoms. The van der Waals surface area contributed by atoms with Gasteiger partial charge in [-0.1, -0.05) is 0 Å². The van der Waals surface area contributed by atoms with E-state index < -0.39 is 0 Å². The third-order valence-electron chi connectivity index (χ3n) is 8.68. The van der Waals surface area contributed by atoms with Crippen molar-refractivity contribution in [2.45, 2.75) is 65.6 Å². The van der Waals surface area contributed by atoms with E-state index in [4.69, 9.17) is 4.74 Å². The van der Waals surface area contributed by atoms with Gasteiger partial charge in [-0.05, 0) is 100 Å². The number of piperidine rings is 1.